The topological polar surface area (TPSA) is 20.3 Å². The fraction of sp³-hybridized carbons (Fsp3) is 0.667. The van der Waals surface area contributed by atoms with Crippen LogP contribution in [0.4, 0.5) is 0 Å². The molecule has 0 aliphatic heterocycles. The molecule has 0 saturated carbocycles. The van der Waals surface area contributed by atoms with Crippen LogP contribution in [0.15, 0.2) is 11.8 Å². The van der Waals surface area contributed by atoms with E-state index in [1.54, 1.807) is 11.8 Å². The summed E-state index contributed by atoms with van der Waals surface area (Å²) in [5.74, 6) is 0.107. The van der Waals surface area contributed by atoms with Gasteiger partial charge in [-0.25, -0.2) is 0 Å². The molecule has 2 heteroatoms. The van der Waals surface area contributed by atoms with Crippen molar-refractivity contribution in [2.24, 2.45) is 0 Å². The molecular weight excluding hydrogens is 138 g/mol. The number of hydrogen-bond acceptors (Lipinski definition) is 1. The van der Waals surface area contributed by atoms with Gasteiger partial charge in [-0.2, -0.15) is 0 Å². The second-order valence-corrected chi connectivity index (χ2v) is 2.91. The fourth-order valence-electron chi connectivity index (χ4n) is 1.16. The second-order valence-electron chi connectivity index (χ2n) is 2.91. The monoisotopic (exact) mass is 155 g/mol. The van der Waals surface area contributed by atoms with Crippen molar-refractivity contribution in [2.45, 2.75) is 40.7 Å². The maximum absolute atomic E-state index is 11.1. The van der Waals surface area contributed by atoms with Crippen molar-refractivity contribution >= 4 is 5.91 Å². The second kappa shape index (κ2) is 4.16. The van der Waals surface area contributed by atoms with Gasteiger partial charge in [-0.1, -0.05) is 6.08 Å². The molecular formula is C9H17NO. The highest BCUT2D eigenvalue weighted by Gasteiger charge is 2.12. The zero-order chi connectivity index (χ0) is 9.02. The van der Waals surface area contributed by atoms with Gasteiger partial charge in [0.1, 0.15) is 0 Å². The molecule has 0 spiro atoms. The van der Waals surface area contributed by atoms with Crippen LogP contribution in [-0.4, -0.2) is 16.8 Å². The van der Waals surface area contributed by atoms with Crippen molar-refractivity contribution in [3.05, 3.63) is 11.8 Å². The van der Waals surface area contributed by atoms with E-state index in [1.807, 2.05) is 33.8 Å². The number of nitrogens with zero attached hydrogens (tertiary/aromatic N) is 1. The minimum Gasteiger partial charge on any atom is -0.315 e. The maximum atomic E-state index is 11.1. The van der Waals surface area contributed by atoms with Gasteiger partial charge in [0.25, 0.3) is 0 Å². The van der Waals surface area contributed by atoms with E-state index in [4.69, 9.17) is 0 Å². The standard InChI is InChI=1S/C9H17NO/c1-6-8(4)10(7(2)3)9(5)11/h6-7H,1-5H3/b8-6+. The molecule has 0 bridgehead atoms. The smallest absolute Gasteiger partial charge is 0.223 e. The van der Waals surface area contributed by atoms with Crippen molar-refractivity contribution in [1.29, 1.82) is 0 Å². The number of rotatable bonds is 2. The van der Waals surface area contributed by atoms with Crippen LogP contribution in [-0.2, 0) is 4.79 Å². The Balaban J connectivity index is 4.48. The Morgan fingerprint density at radius 1 is 1.36 bits per heavy atom. The van der Waals surface area contributed by atoms with E-state index in [0.29, 0.717) is 0 Å². The summed E-state index contributed by atoms with van der Waals surface area (Å²) in [4.78, 5) is 12.8. The van der Waals surface area contributed by atoms with E-state index in [-0.39, 0.29) is 11.9 Å². The van der Waals surface area contributed by atoms with E-state index in [1.165, 1.54) is 0 Å². The SMILES string of the molecule is C/C=C(\C)N(C(C)=O)C(C)C. The first-order valence-electron chi connectivity index (χ1n) is 3.93. The van der Waals surface area contributed by atoms with E-state index in [2.05, 4.69) is 0 Å². The van der Waals surface area contributed by atoms with Gasteiger partial charge in [-0.05, 0) is 27.7 Å². The molecule has 0 aliphatic carbocycles. The summed E-state index contributed by atoms with van der Waals surface area (Å²) in [6, 6.07) is 0.253. The van der Waals surface area contributed by atoms with Crippen molar-refractivity contribution < 1.29 is 4.79 Å². The number of carbonyl (C=O) groups excluding carboxylic acids is 1. The number of allylic oxidation sites excluding steroid dienone is 2. The van der Waals surface area contributed by atoms with Crippen LogP contribution in [0.25, 0.3) is 0 Å². The molecule has 0 saturated heterocycles. The third kappa shape index (κ3) is 2.74. The van der Waals surface area contributed by atoms with Crippen molar-refractivity contribution in [2.75, 3.05) is 0 Å². The highest BCUT2D eigenvalue weighted by atomic mass is 16.2. The summed E-state index contributed by atoms with van der Waals surface area (Å²) >= 11 is 0. The van der Waals surface area contributed by atoms with E-state index < -0.39 is 0 Å². The Labute approximate surface area is 68.9 Å². The third-order valence-corrected chi connectivity index (χ3v) is 1.65. The van der Waals surface area contributed by atoms with Crippen LogP contribution in [0.5, 0.6) is 0 Å². The zero-order valence-electron chi connectivity index (χ0n) is 8.01. The van der Waals surface area contributed by atoms with Gasteiger partial charge in [-0.3, -0.25) is 4.79 Å². The van der Waals surface area contributed by atoms with Gasteiger partial charge >= 0.3 is 0 Å². The molecule has 0 aromatic heterocycles. The third-order valence-electron chi connectivity index (χ3n) is 1.65. The van der Waals surface area contributed by atoms with Crippen molar-refractivity contribution in [3.8, 4) is 0 Å². The van der Waals surface area contributed by atoms with Crippen LogP contribution in [0.3, 0.4) is 0 Å². The predicted octanol–water partition coefficient (Wildman–Crippen LogP) is 2.17. The molecule has 0 aromatic carbocycles. The lowest BCUT2D eigenvalue weighted by Gasteiger charge is -2.25. The normalized spacial score (nSPS) is 12.0. The minimum atomic E-state index is 0.107. The summed E-state index contributed by atoms with van der Waals surface area (Å²) in [6.07, 6.45) is 1.95. The average Bonchev–Trinajstić information content (AvgIpc) is 1.85. The van der Waals surface area contributed by atoms with Crippen LogP contribution in [0, 0.1) is 0 Å². The lowest BCUT2D eigenvalue weighted by atomic mass is 10.2. The summed E-state index contributed by atoms with van der Waals surface area (Å²) < 4.78 is 0. The molecule has 11 heavy (non-hydrogen) atoms. The highest BCUT2D eigenvalue weighted by molar-refractivity contribution is 5.75. The molecule has 0 aromatic rings. The quantitative estimate of drug-likeness (QED) is 0.598. The number of carbonyl (C=O) groups is 1. The van der Waals surface area contributed by atoms with Crippen molar-refractivity contribution in [1.82, 2.24) is 4.90 Å². The fourth-order valence-corrected chi connectivity index (χ4v) is 1.16. The van der Waals surface area contributed by atoms with Gasteiger partial charge < -0.3 is 4.90 Å². The first-order valence-corrected chi connectivity index (χ1v) is 3.93. The van der Waals surface area contributed by atoms with Gasteiger partial charge in [0, 0.05) is 18.7 Å². The van der Waals surface area contributed by atoms with Crippen LogP contribution in [0.1, 0.15) is 34.6 Å². The lowest BCUT2D eigenvalue weighted by Crippen LogP contribution is -2.33. The Hall–Kier alpha value is -0.790. The van der Waals surface area contributed by atoms with Crippen molar-refractivity contribution in [3.63, 3.8) is 0 Å². The summed E-state index contributed by atoms with van der Waals surface area (Å²) in [5, 5.41) is 0. The Bertz CT molecular complexity index is 170. The molecule has 0 N–H and O–H groups in total. The molecule has 1 amide bonds. The lowest BCUT2D eigenvalue weighted by molar-refractivity contribution is -0.128. The summed E-state index contributed by atoms with van der Waals surface area (Å²) in [6.45, 7) is 9.49. The summed E-state index contributed by atoms with van der Waals surface area (Å²) in [7, 11) is 0. The molecule has 0 atom stereocenters. The maximum Gasteiger partial charge on any atom is 0.223 e. The molecule has 0 fully saturated rings. The molecule has 0 unspecified atom stereocenters. The highest BCUT2D eigenvalue weighted by Crippen LogP contribution is 2.08. The first-order chi connectivity index (χ1) is 5.00. The van der Waals surface area contributed by atoms with E-state index in [9.17, 15) is 4.79 Å². The van der Waals surface area contributed by atoms with Crippen LogP contribution < -0.4 is 0 Å². The molecule has 2 nitrogen and oxygen atoms in total. The Kier molecular flexibility index (Phi) is 3.86. The van der Waals surface area contributed by atoms with Gasteiger partial charge in [0.05, 0.1) is 0 Å². The number of amides is 1. The average molecular weight is 155 g/mol. The molecule has 0 heterocycles. The van der Waals surface area contributed by atoms with E-state index in [0.717, 1.165) is 5.70 Å². The van der Waals surface area contributed by atoms with E-state index >= 15 is 0 Å². The van der Waals surface area contributed by atoms with Gasteiger partial charge in [0.2, 0.25) is 5.91 Å². The largest absolute Gasteiger partial charge is 0.315 e. The summed E-state index contributed by atoms with van der Waals surface area (Å²) in [5.41, 5.74) is 1.02. The molecule has 0 aliphatic rings. The predicted molar refractivity (Wildman–Crippen MR) is 47.1 cm³/mol. The number of hydrogen-bond donors (Lipinski definition) is 0. The molecule has 0 rings (SSSR count). The Morgan fingerprint density at radius 2 is 1.82 bits per heavy atom. The molecule has 64 valence electrons. The first kappa shape index (κ1) is 10.2. The van der Waals surface area contributed by atoms with Crippen LogP contribution >= 0.6 is 0 Å². The van der Waals surface area contributed by atoms with Crippen LogP contribution in [0.2, 0.25) is 0 Å². The minimum absolute atomic E-state index is 0.107. The van der Waals surface area contributed by atoms with Gasteiger partial charge in [-0.15, -0.1) is 0 Å². The molecule has 0 radical (unpaired) electrons. The van der Waals surface area contributed by atoms with Gasteiger partial charge in [0.15, 0.2) is 0 Å². The zero-order valence-corrected chi connectivity index (χ0v) is 8.01. The Morgan fingerprint density at radius 3 is 1.91 bits per heavy atom.